The number of methoxy groups -OCH3 is 1. The summed E-state index contributed by atoms with van der Waals surface area (Å²) >= 11 is 1.34. The summed E-state index contributed by atoms with van der Waals surface area (Å²) in [7, 11) is 1.59. The molecule has 1 saturated heterocycles. The van der Waals surface area contributed by atoms with Gasteiger partial charge in [0.25, 0.3) is 11.8 Å². The highest BCUT2D eigenvalue weighted by atomic mass is 32.1. The summed E-state index contributed by atoms with van der Waals surface area (Å²) in [6, 6.07) is 13.8. The van der Waals surface area contributed by atoms with E-state index in [0.29, 0.717) is 37.0 Å². The maximum atomic E-state index is 12.9. The third-order valence-electron chi connectivity index (χ3n) is 5.51. The van der Waals surface area contributed by atoms with Gasteiger partial charge in [0, 0.05) is 51.0 Å². The maximum absolute atomic E-state index is 12.9. The smallest absolute Gasteiger partial charge is 0.254 e. The lowest BCUT2D eigenvalue weighted by molar-refractivity contribution is 0.0628. The number of aromatic nitrogens is 4. The molecular weight excluding hydrogens is 428 g/mol. The molecule has 0 saturated carbocycles. The third kappa shape index (κ3) is 4.38. The monoisotopic (exact) mass is 450 g/mol. The van der Waals surface area contributed by atoms with Gasteiger partial charge in [-0.25, -0.2) is 0 Å². The van der Waals surface area contributed by atoms with Crippen LogP contribution in [-0.2, 0) is 17.9 Å². The van der Waals surface area contributed by atoms with Crippen molar-refractivity contribution in [1.29, 1.82) is 0 Å². The van der Waals surface area contributed by atoms with Gasteiger partial charge in [-0.3, -0.25) is 9.69 Å². The van der Waals surface area contributed by atoms with E-state index in [0.717, 1.165) is 35.4 Å². The topological polar surface area (TPSA) is 97.5 Å². The molecule has 0 radical (unpaired) electrons. The van der Waals surface area contributed by atoms with Crippen molar-refractivity contribution in [2.75, 3.05) is 33.3 Å². The lowest BCUT2D eigenvalue weighted by Crippen LogP contribution is -2.48. The normalized spacial score (nSPS) is 14.8. The highest BCUT2D eigenvalue weighted by molar-refractivity contribution is 7.12. The Morgan fingerprint density at radius 2 is 1.94 bits per heavy atom. The van der Waals surface area contributed by atoms with Gasteiger partial charge in [0.1, 0.15) is 12.1 Å². The van der Waals surface area contributed by atoms with Crippen LogP contribution in [0.3, 0.4) is 0 Å². The zero-order valence-electron chi connectivity index (χ0n) is 17.6. The molecule has 0 spiro atoms. The number of carbonyl (C=O) groups is 1. The minimum absolute atomic E-state index is 0.0526. The molecule has 1 amide bonds. The Kier molecular flexibility index (Phi) is 5.89. The number of ether oxygens (including phenoxy) is 1. The fraction of sp³-hybridized carbons (Fsp3) is 0.318. The Hall–Kier alpha value is -3.21. The molecule has 0 aliphatic carbocycles. The van der Waals surface area contributed by atoms with Crippen molar-refractivity contribution in [2.45, 2.75) is 13.2 Å². The molecule has 1 aliphatic heterocycles. The summed E-state index contributed by atoms with van der Waals surface area (Å²) in [5.41, 5.74) is 3.56. The Balaban J connectivity index is 1.16. The van der Waals surface area contributed by atoms with E-state index in [9.17, 15) is 4.79 Å². The number of amides is 1. The van der Waals surface area contributed by atoms with Crippen molar-refractivity contribution >= 4 is 27.7 Å². The van der Waals surface area contributed by atoms with Crippen LogP contribution < -0.4 is 0 Å². The summed E-state index contributed by atoms with van der Waals surface area (Å²) in [6.45, 7) is 4.21. The van der Waals surface area contributed by atoms with Gasteiger partial charge in [-0.2, -0.15) is 4.98 Å². The average Bonchev–Trinajstić information content (AvgIpc) is 3.49. The van der Waals surface area contributed by atoms with Crippen LogP contribution in [0.4, 0.5) is 0 Å². The first-order chi connectivity index (χ1) is 15.7. The summed E-state index contributed by atoms with van der Waals surface area (Å²) < 4.78 is 15.1. The molecule has 3 heterocycles. The fourth-order valence-electron chi connectivity index (χ4n) is 3.78. The Labute approximate surface area is 188 Å². The van der Waals surface area contributed by atoms with Gasteiger partial charge in [0.2, 0.25) is 5.82 Å². The number of carbonyl (C=O) groups excluding carboxylic acids is 1. The Morgan fingerprint density at radius 3 is 2.72 bits per heavy atom. The van der Waals surface area contributed by atoms with E-state index in [1.165, 1.54) is 17.1 Å². The van der Waals surface area contributed by atoms with Crippen molar-refractivity contribution in [2.24, 2.45) is 0 Å². The van der Waals surface area contributed by atoms with E-state index in [4.69, 9.17) is 9.26 Å². The van der Waals surface area contributed by atoms with Crippen LogP contribution >= 0.6 is 11.5 Å². The maximum Gasteiger partial charge on any atom is 0.254 e. The first kappa shape index (κ1) is 20.7. The number of hydrogen-bond donors (Lipinski definition) is 0. The van der Waals surface area contributed by atoms with Crippen molar-refractivity contribution in [3.8, 4) is 11.4 Å². The van der Waals surface area contributed by atoms with Gasteiger partial charge in [0.15, 0.2) is 0 Å². The largest absolute Gasteiger partial charge is 0.375 e. The quantitative estimate of drug-likeness (QED) is 0.442. The zero-order valence-corrected chi connectivity index (χ0v) is 18.4. The van der Waals surface area contributed by atoms with Crippen LogP contribution in [-0.4, -0.2) is 68.7 Å². The molecule has 9 nitrogen and oxygen atoms in total. The lowest BCUT2D eigenvalue weighted by Gasteiger charge is -2.34. The van der Waals surface area contributed by atoms with Crippen LogP contribution in [0.2, 0.25) is 0 Å². The minimum atomic E-state index is 0.0526. The van der Waals surface area contributed by atoms with Gasteiger partial charge >= 0.3 is 0 Å². The highest BCUT2D eigenvalue weighted by Gasteiger charge is 2.22. The van der Waals surface area contributed by atoms with Crippen molar-refractivity contribution < 1.29 is 14.1 Å². The molecular formula is C22H22N6O3S. The summed E-state index contributed by atoms with van der Waals surface area (Å²) in [4.78, 5) is 21.5. The van der Waals surface area contributed by atoms with Gasteiger partial charge < -0.3 is 14.2 Å². The van der Waals surface area contributed by atoms with E-state index >= 15 is 0 Å². The van der Waals surface area contributed by atoms with E-state index < -0.39 is 0 Å². The molecule has 10 heteroatoms. The Morgan fingerprint density at radius 1 is 1.12 bits per heavy atom. The second kappa shape index (κ2) is 9.11. The van der Waals surface area contributed by atoms with Crippen LogP contribution in [0.25, 0.3) is 21.6 Å². The molecule has 0 atom stereocenters. The number of rotatable bonds is 6. The molecule has 1 aliphatic rings. The van der Waals surface area contributed by atoms with Crippen LogP contribution in [0.15, 0.2) is 47.0 Å². The molecule has 2 aromatic heterocycles. The SMILES string of the molecule is COCc1nc(-c2ccc(CN3CCN(C(=O)c4ccc5snnc5c4)CC3)cc2)no1. The molecule has 5 rings (SSSR count). The number of piperazine rings is 1. The number of benzene rings is 2. The zero-order chi connectivity index (χ0) is 21.9. The van der Waals surface area contributed by atoms with Crippen molar-refractivity contribution in [1.82, 2.24) is 29.5 Å². The molecule has 0 N–H and O–H groups in total. The number of fused-ring (bicyclic) bond motifs is 1. The van der Waals surface area contributed by atoms with Crippen molar-refractivity contribution in [3.63, 3.8) is 0 Å². The van der Waals surface area contributed by atoms with Crippen LogP contribution in [0.5, 0.6) is 0 Å². The van der Waals surface area contributed by atoms with Gasteiger partial charge in [-0.1, -0.05) is 33.9 Å². The van der Waals surface area contributed by atoms with Gasteiger partial charge in [0.05, 0.1) is 4.70 Å². The fourth-order valence-corrected chi connectivity index (χ4v) is 4.32. The minimum Gasteiger partial charge on any atom is -0.375 e. The van der Waals surface area contributed by atoms with E-state index in [1.807, 2.05) is 35.2 Å². The molecule has 32 heavy (non-hydrogen) atoms. The predicted molar refractivity (Wildman–Crippen MR) is 119 cm³/mol. The second-order valence-corrected chi connectivity index (χ2v) is 8.45. The summed E-state index contributed by atoms with van der Waals surface area (Å²) in [5, 5.41) is 8.06. The third-order valence-corrected chi connectivity index (χ3v) is 6.21. The van der Waals surface area contributed by atoms with E-state index in [-0.39, 0.29) is 5.91 Å². The Bertz CT molecular complexity index is 1210. The highest BCUT2D eigenvalue weighted by Crippen LogP contribution is 2.20. The molecule has 2 aromatic carbocycles. The molecule has 4 aromatic rings. The second-order valence-electron chi connectivity index (χ2n) is 7.67. The van der Waals surface area contributed by atoms with Crippen LogP contribution in [0, 0.1) is 0 Å². The number of nitrogens with zero attached hydrogens (tertiary/aromatic N) is 6. The predicted octanol–water partition coefficient (Wildman–Crippen LogP) is 2.85. The summed E-state index contributed by atoms with van der Waals surface area (Å²) in [5.74, 6) is 1.07. The standard InChI is InChI=1S/C22H22N6O3S/c1-30-14-20-23-21(25-31-20)16-4-2-15(3-5-16)13-27-8-10-28(11-9-27)22(29)17-6-7-19-18(12-17)24-26-32-19/h2-7,12H,8-11,13-14H2,1H3. The lowest BCUT2D eigenvalue weighted by atomic mass is 10.1. The average molecular weight is 451 g/mol. The van der Waals surface area contributed by atoms with E-state index in [2.05, 4.69) is 36.8 Å². The molecule has 0 unspecified atom stereocenters. The number of hydrogen-bond acceptors (Lipinski definition) is 9. The molecule has 1 fully saturated rings. The summed E-state index contributed by atoms with van der Waals surface area (Å²) in [6.07, 6.45) is 0. The molecule has 164 valence electrons. The van der Waals surface area contributed by atoms with Gasteiger partial charge in [-0.15, -0.1) is 5.10 Å². The first-order valence-electron chi connectivity index (χ1n) is 10.3. The first-order valence-corrected chi connectivity index (χ1v) is 11.1. The van der Waals surface area contributed by atoms with E-state index in [1.54, 1.807) is 7.11 Å². The van der Waals surface area contributed by atoms with Crippen molar-refractivity contribution in [3.05, 3.63) is 59.5 Å². The van der Waals surface area contributed by atoms with Gasteiger partial charge in [-0.05, 0) is 35.3 Å². The van der Waals surface area contributed by atoms with Crippen LogP contribution in [0.1, 0.15) is 21.8 Å². The molecule has 0 bridgehead atoms.